The summed E-state index contributed by atoms with van der Waals surface area (Å²) in [7, 11) is 1.66. The summed E-state index contributed by atoms with van der Waals surface area (Å²) in [5.41, 5.74) is 1.60. The molecule has 0 bridgehead atoms. The highest BCUT2D eigenvalue weighted by Crippen LogP contribution is 2.29. The van der Waals surface area contributed by atoms with Gasteiger partial charge in [0.15, 0.2) is 0 Å². The number of ether oxygens (including phenoxy) is 1. The van der Waals surface area contributed by atoms with Gasteiger partial charge in [-0.15, -0.1) is 0 Å². The molecule has 28 heavy (non-hydrogen) atoms. The fourth-order valence-electron chi connectivity index (χ4n) is 3.83. The normalized spacial score (nSPS) is 17.0. The predicted octanol–water partition coefficient (Wildman–Crippen LogP) is 2.89. The van der Waals surface area contributed by atoms with Crippen LogP contribution >= 0.6 is 0 Å². The number of fused-ring (bicyclic) bond motifs is 1. The van der Waals surface area contributed by atoms with Crippen LogP contribution in [0, 0.1) is 0 Å². The first-order valence-electron chi connectivity index (χ1n) is 9.39. The number of aromatic amines is 1. The molecule has 0 radical (unpaired) electrons. The maximum Gasteiger partial charge on any atom is 0.261 e. The van der Waals surface area contributed by atoms with Crippen LogP contribution in [0.2, 0.25) is 0 Å². The van der Waals surface area contributed by atoms with Crippen molar-refractivity contribution in [1.29, 1.82) is 0 Å². The molecule has 0 saturated carbocycles. The Morgan fingerprint density at radius 3 is 2.64 bits per heavy atom. The van der Waals surface area contributed by atoms with Gasteiger partial charge in [0.25, 0.3) is 11.5 Å². The molecule has 6 nitrogen and oxygen atoms in total. The molecule has 1 N–H and O–H groups in total. The van der Waals surface area contributed by atoms with E-state index in [0.29, 0.717) is 19.6 Å². The van der Waals surface area contributed by atoms with E-state index in [0.717, 1.165) is 22.3 Å². The van der Waals surface area contributed by atoms with E-state index in [1.54, 1.807) is 18.1 Å². The third kappa shape index (κ3) is 3.22. The number of nitrogens with one attached hydrogen (secondary N) is 1. The van der Waals surface area contributed by atoms with Crippen LogP contribution in [-0.4, -0.2) is 48.6 Å². The van der Waals surface area contributed by atoms with Gasteiger partial charge in [0, 0.05) is 31.2 Å². The van der Waals surface area contributed by atoms with Gasteiger partial charge in [-0.3, -0.25) is 9.59 Å². The Kier molecular flexibility index (Phi) is 4.77. The Morgan fingerprint density at radius 2 is 1.86 bits per heavy atom. The summed E-state index contributed by atoms with van der Waals surface area (Å²) in [6, 6.07) is 17.0. The second-order valence-electron chi connectivity index (χ2n) is 7.06. The average molecular weight is 377 g/mol. The number of carbonyl (C=O) groups is 1. The van der Waals surface area contributed by atoms with E-state index in [1.165, 1.54) is 0 Å². The summed E-state index contributed by atoms with van der Waals surface area (Å²) in [5, 5.41) is 0.853. The van der Waals surface area contributed by atoms with Gasteiger partial charge in [-0.2, -0.15) is 0 Å². The number of anilines is 1. The van der Waals surface area contributed by atoms with Gasteiger partial charge < -0.3 is 19.5 Å². The van der Waals surface area contributed by atoms with E-state index in [2.05, 4.69) is 9.88 Å². The van der Waals surface area contributed by atoms with E-state index in [4.69, 9.17) is 4.74 Å². The first-order chi connectivity index (χ1) is 13.6. The average Bonchev–Trinajstić information content (AvgIpc) is 2.72. The molecule has 0 unspecified atom stereocenters. The van der Waals surface area contributed by atoms with Crippen LogP contribution in [0.5, 0.6) is 5.75 Å². The fourth-order valence-corrected chi connectivity index (χ4v) is 3.83. The summed E-state index contributed by atoms with van der Waals surface area (Å²) >= 11 is 0. The molecule has 1 aromatic heterocycles. The minimum atomic E-state index is -0.344. The zero-order valence-corrected chi connectivity index (χ0v) is 16.0. The predicted molar refractivity (Wildman–Crippen MR) is 110 cm³/mol. The molecule has 1 aliphatic rings. The number of piperazine rings is 1. The van der Waals surface area contributed by atoms with Crippen molar-refractivity contribution in [2.45, 2.75) is 13.0 Å². The quantitative estimate of drug-likeness (QED) is 0.762. The Bertz CT molecular complexity index is 1080. The molecular formula is C22H23N3O3. The Balaban J connectivity index is 1.57. The van der Waals surface area contributed by atoms with Gasteiger partial charge in [-0.25, -0.2) is 0 Å². The van der Waals surface area contributed by atoms with Crippen LogP contribution in [0.3, 0.4) is 0 Å². The molecule has 144 valence electrons. The standard InChI is InChI=1S/C22H23N3O3/c1-15-14-24(19-9-5-6-10-20(19)28-2)11-12-25(15)22(27)17-13-16-7-3-4-8-18(16)23-21(17)26/h3-10,13,15H,11-12,14H2,1-2H3,(H,23,26)/t15-/m0/s1. The molecule has 6 heteroatoms. The number of benzene rings is 2. The Hall–Kier alpha value is -3.28. The number of amides is 1. The monoisotopic (exact) mass is 377 g/mol. The number of hydrogen-bond acceptors (Lipinski definition) is 4. The van der Waals surface area contributed by atoms with E-state index >= 15 is 0 Å². The molecule has 0 aliphatic carbocycles. The van der Waals surface area contributed by atoms with Gasteiger partial charge in [0.1, 0.15) is 11.3 Å². The van der Waals surface area contributed by atoms with Crippen molar-refractivity contribution in [3.8, 4) is 5.75 Å². The zero-order chi connectivity index (χ0) is 19.7. The lowest BCUT2D eigenvalue weighted by molar-refractivity contribution is 0.0672. The van der Waals surface area contributed by atoms with Crippen LogP contribution in [-0.2, 0) is 0 Å². The molecule has 2 aromatic carbocycles. The lowest BCUT2D eigenvalue weighted by atomic mass is 10.1. The van der Waals surface area contributed by atoms with Gasteiger partial charge >= 0.3 is 0 Å². The Labute approximate surface area is 163 Å². The minimum absolute atomic E-state index is 0.0305. The second kappa shape index (κ2) is 7.38. The van der Waals surface area contributed by atoms with Crippen molar-refractivity contribution in [3.63, 3.8) is 0 Å². The van der Waals surface area contributed by atoms with Crippen LogP contribution in [0.4, 0.5) is 5.69 Å². The van der Waals surface area contributed by atoms with E-state index in [9.17, 15) is 9.59 Å². The summed E-state index contributed by atoms with van der Waals surface area (Å²) < 4.78 is 5.47. The van der Waals surface area contributed by atoms with Gasteiger partial charge in [-0.1, -0.05) is 30.3 Å². The highest BCUT2D eigenvalue weighted by atomic mass is 16.5. The molecule has 2 heterocycles. The molecule has 1 amide bonds. The first kappa shape index (κ1) is 18.1. The number of H-pyrrole nitrogens is 1. The maximum atomic E-state index is 13.1. The highest BCUT2D eigenvalue weighted by Gasteiger charge is 2.30. The van der Waals surface area contributed by atoms with Crippen molar-refractivity contribution in [3.05, 3.63) is 70.5 Å². The van der Waals surface area contributed by atoms with Crippen molar-refractivity contribution in [2.24, 2.45) is 0 Å². The number of nitrogens with zero attached hydrogens (tertiary/aromatic N) is 2. The molecular weight excluding hydrogens is 354 g/mol. The molecule has 4 rings (SSSR count). The first-order valence-corrected chi connectivity index (χ1v) is 9.39. The molecule has 0 spiro atoms. The van der Waals surface area contributed by atoms with Crippen molar-refractivity contribution < 1.29 is 9.53 Å². The number of para-hydroxylation sites is 3. The van der Waals surface area contributed by atoms with Crippen molar-refractivity contribution >= 4 is 22.5 Å². The van der Waals surface area contributed by atoms with Gasteiger partial charge in [0.05, 0.1) is 12.8 Å². The maximum absolute atomic E-state index is 13.1. The topological polar surface area (TPSA) is 65.6 Å². The van der Waals surface area contributed by atoms with Crippen LogP contribution in [0.15, 0.2) is 59.4 Å². The van der Waals surface area contributed by atoms with Gasteiger partial charge in [0.2, 0.25) is 0 Å². The minimum Gasteiger partial charge on any atom is -0.495 e. The third-order valence-corrected chi connectivity index (χ3v) is 5.30. The smallest absolute Gasteiger partial charge is 0.261 e. The summed E-state index contributed by atoms with van der Waals surface area (Å²) in [5.74, 6) is 0.597. The molecule has 1 saturated heterocycles. The molecule has 1 atom stereocenters. The van der Waals surface area contributed by atoms with Crippen LogP contribution in [0.25, 0.3) is 10.9 Å². The number of rotatable bonds is 3. The van der Waals surface area contributed by atoms with Crippen molar-refractivity contribution in [1.82, 2.24) is 9.88 Å². The lowest BCUT2D eigenvalue weighted by Crippen LogP contribution is -2.54. The number of aromatic nitrogens is 1. The van der Waals surface area contributed by atoms with Crippen LogP contribution in [0.1, 0.15) is 17.3 Å². The van der Waals surface area contributed by atoms with E-state index in [-0.39, 0.29) is 23.1 Å². The lowest BCUT2D eigenvalue weighted by Gasteiger charge is -2.41. The third-order valence-electron chi connectivity index (χ3n) is 5.30. The zero-order valence-electron chi connectivity index (χ0n) is 16.0. The number of carbonyl (C=O) groups excluding carboxylic acids is 1. The second-order valence-corrected chi connectivity index (χ2v) is 7.06. The van der Waals surface area contributed by atoms with Crippen molar-refractivity contribution in [2.75, 3.05) is 31.6 Å². The summed E-state index contributed by atoms with van der Waals surface area (Å²) in [6.45, 7) is 3.92. The fraction of sp³-hybridized carbons (Fsp3) is 0.273. The Morgan fingerprint density at radius 1 is 1.11 bits per heavy atom. The van der Waals surface area contributed by atoms with E-state index in [1.807, 2.05) is 55.5 Å². The van der Waals surface area contributed by atoms with Crippen LogP contribution < -0.4 is 15.2 Å². The van der Waals surface area contributed by atoms with Gasteiger partial charge in [-0.05, 0) is 36.6 Å². The van der Waals surface area contributed by atoms with E-state index < -0.39 is 0 Å². The molecule has 1 fully saturated rings. The number of hydrogen-bond donors (Lipinski definition) is 1. The largest absolute Gasteiger partial charge is 0.495 e. The summed E-state index contributed by atoms with van der Waals surface area (Å²) in [6.07, 6.45) is 0. The number of pyridine rings is 1. The molecule has 1 aliphatic heterocycles. The SMILES string of the molecule is COc1ccccc1N1CCN(C(=O)c2cc3ccccc3[nH]c2=O)[C@@H](C)C1. The molecule has 3 aromatic rings. The summed E-state index contributed by atoms with van der Waals surface area (Å²) in [4.78, 5) is 32.4. The highest BCUT2D eigenvalue weighted by molar-refractivity contribution is 5.97. The number of methoxy groups -OCH3 is 1.